The van der Waals surface area contributed by atoms with Crippen molar-refractivity contribution < 1.29 is 9.90 Å². The molecule has 2 aromatic rings. The Labute approximate surface area is 106 Å². The van der Waals surface area contributed by atoms with Crippen LogP contribution in [-0.4, -0.2) is 20.6 Å². The molecule has 2 N–H and O–H groups in total. The second kappa shape index (κ2) is 4.41. The summed E-state index contributed by atoms with van der Waals surface area (Å²) >= 11 is 0.919. The number of rotatable bonds is 3. The van der Waals surface area contributed by atoms with E-state index in [2.05, 4.69) is 4.98 Å². The zero-order chi connectivity index (χ0) is 13.4. The van der Waals surface area contributed by atoms with Crippen LogP contribution in [0, 0.1) is 6.92 Å². The molecule has 18 heavy (non-hydrogen) atoms. The third kappa shape index (κ3) is 1.76. The van der Waals surface area contributed by atoms with Crippen molar-refractivity contribution in [3.8, 4) is 0 Å². The van der Waals surface area contributed by atoms with Gasteiger partial charge in [0.1, 0.15) is 9.71 Å². The summed E-state index contributed by atoms with van der Waals surface area (Å²) in [4.78, 5) is 37.8. The summed E-state index contributed by atoms with van der Waals surface area (Å²) in [5.41, 5.74) is -0.502. The summed E-state index contributed by atoms with van der Waals surface area (Å²) < 4.78 is 1.10. The number of carboxylic acid groups (broad SMARTS) is 1. The first-order chi connectivity index (χ1) is 8.47. The SMILES string of the molecule is CCCn1c(=O)[nH]c2sc(C(=O)O)c(C)c2c1=O. The number of aromatic nitrogens is 2. The molecule has 0 atom stereocenters. The standard InChI is InChI=1S/C11H12N2O4S/c1-3-4-13-9(14)6-5(2)7(10(15)16)18-8(6)12-11(13)17/h3-4H2,1-2H3,(H,12,17)(H,15,16). The zero-order valence-electron chi connectivity index (χ0n) is 9.94. The maximum absolute atomic E-state index is 12.2. The lowest BCUT2D eigenvalue weighted by atomic mass is 10.2. The van der Waals surface area contributed by atoms with Gasteiger partial charge in [-0.15, -0.1) is 11.3 Å². The lowest BCUT2D eigenvalue weighted by Gasteiger charge is -2.02. The number of fused-ring (bicyclic) bond motifs is 1. The Morgan fingerprint density at radius 2 is 2.11 bits per heavy atom. The number of aromatic amines is 1. The van der Waals surface area contributed by atoms with Crippen LogP contribution in [0.5, 0.6) is 0 Å². The largest absolute Gasteiger partial charge is 0.477 e. The normalized spacial score (nSPS) is 11.0. The topological polar surface area (TPSA) is 92.2 Å². The van der Waals surface area contributed by atoms with Gasteiger partial charge in [0, 0.05) is 6.54 Å². The fourth-order valence-corrected chi connectivity index (χ4v) is 2.91. The molecule has 0 aliphatic heterocycles. The third-order valence-electron chi connectivity index (χ3n) is 2.71. The Kier molecular flexibility index (Phi) is 3.08. The molecule has 2 heterocycles. The van der Waals surface area contributed by atoms with E-state index in [0.717, 1.165) is 15.9 Å². The number of carbonyl (C=O) groups is 1. The molecule has 0 aliphatic rings. The van der Waals surface area contributed by atoms with Crippen LogP contribution in [0.25, 0.3) is 10.2 Å². The van der Waals surface area contributed by atoms with Crippen LogP contribution < -0.4 is 11.2 Å². The molecule has 0 fully saturated rings. The highest BCUT2D eigenvalue weighted by atomic mass is 32.1. The van der Waals surface area contributed by atoms with Crippen molar-refractivity contribution in [3.63, 3.8) is 0 Å². The van der Waals surface area contributed by atoms with Gasteiger partial charge in [0.15, 0.2) is 0 Å². The van der Waals surface area contributed by atoms with Crippen molar-refractivity contribution in [1.82, 2.24) is 9.55 Å². The van der Waals surface area contributed by atoms with Gasteiger partial charge in [-0.25, -0.2) is 9.59 Å². The minimum Gasteiger partial charge on any atom is -0.477 e. The molecular formula is C11H12N2O4S. The summed E-state index contributed by atoms with van der Waals surface area (Å²) in [5, 5.41) is 9.31. The van der Waals surface area contributed by atoms with Gasteiger partial charge < -0.3 is 5.11 Å². The van der Waals surface area contributed by atoms with Crippen molar-refractivity contribution in [2.75, 3.05) is 0 Å². The fourth-order valence-electron chi connectivity index (χ4n) is 1.88. The molecule has 0 saturated carbocycles. The molecule has 0 unspecified atom stereocenters. The fraction of sp³-hybridized carbons (Fsp3) is 0.364. The molecule has 0 radical (unpaired) electrons. The average Bonchev–Trinajstić information content (AvgIpc) is 2.62. The molecule has 0 spiro atoms. The Bertz CT molecular complexity index is 738. The number of nitrogens with zero attached hydrogens (tertiary/aromatic N) is 1. The maximum Gasteiger partial charge on any atom is 0.346 e. The Hall–Kier alpha value is -1.89. The number of carboxylic acids is 1. The Balaban J connectivity index is 2.89. The highest BCUT2D eigenvalue weighted by Gasteiger charge is 2.19. The predicted molar refractivity (Wildman–Crippen MR) is 68.7 cm³/mol. The minimum atomic E-state index is -1.09. The van der Waals surface area contributed by atoms with Gasteiger partial charge in [-0.3, -0.25) is 14.3 Å². The van der Waals surface area contributed by atoms with Gasteiger partial charge in [-0.1, -0.05) is 6.92 Å². The number of thiophene rings is 1. The molecule has 0 bridgehead atoms. The molecule has 6 nitrogen and oxygen atoms in total. The number of aryl methyl sites for hydroxylation is 1. The van der Waals surface area contributed by atoms with Crippen LogP contribution in [0.15, 0.2) is 9.59 Å². The predicted octanol–water partition coefficient (Wildman–Crippen LogP) is 1.17. The molecule has 2 rings (SSSR count). The molecule has 96 valence electrons. The van der Waals surface area contributed by atoms with E-state index in [1.807, 2.05) is 6.92 Å². The van der Waals surface area contributed by atoms with Gasteiger partial charge in [0.2, 0.25) is 0 Å². The zero-order valence-corrected chi connectivity index (χ0v) is 10.8. The molecule has 2 aromatic heterocycles. The van der Waals surface area contributed by atoms with Gasteiger partial charge >= 0.3 is 11.7 Å². The van der Waals surface area contributed by atoms with E-state index in [1.54, 1.807) is 6.92 Å². The quantitative estimate of drug-likeness (QED) is 0.874. The number of aromatic carboxylic acids is 1. The van der Waals surface area contributed by atoms with Gasteiger partial charge in [0.25, 0.3) is 5.56 Å². The lowest BCUT2D eigenvalue weighted by molar-refractivity contribution is 0.0701. The van der Waals surface area contributed by atoms with E-state index < -0.39 is 17.2 Å². The highest BCUT2D eigenvalue weighted by molar-refractivity contribution is 7.20. The van der Waals surface area contributed by atoms with Crippen LogP contribution in [0.1, 0.15) is 28.6 Å². The molecule has 0 amide bonds. The highest BCUT2D eigenvalue weighted by Crippen LogP contribution is 2.25. The number of H-pyrrole nitrogens is 1. The number of nitrogens with one attached hydrogen (secondary N) is 1. The van der Waals surface area contributed by atoms with Gasteiger partial charge in [-0.2, -0.15) is 0 Å². The summed E-state index contributed by atoms with van der Waals surface area (Å²) in [6, 6.07) is 0. The summed E-state index contributed by atoms with van der Waals surface area (Å²) in [6.07, 6.45) is 0.656. The van der Waals surface area contributed by atoms with E-state index >= 15 is 0 Å². The van der Waals surface area contributed by atoms with Crippen molar-refractivity contribution in [3.05, 3.63) is 31.3 Å². The van der Waals surface area contributed by atoms with Crippen molar-refractivity contribution in [2.45, 2.75) is 26.8 Å². The molecular weight excluding hydrogens is 256 g/mol. The third-order valence-corrected chi connectivity index (χ3v) is 3.91. The van der Waals surface area contributed by atoms with Crippen LogP contribution in [0.3, 0.4) is 0 Å². The summed E-state index contributed by atoms with van der Waals surface area (Å²) in [6.45, 7) is 3.76. The van der Waals surface area contributed by atoms with Gasteiger partial charge in [-0.05, 0) is 18.9 Å². The molecule has 0 saturated heterocycles. The first-order valence-corrected chi connectivity index (χ1v) is 6.28. The van der Waals surface area contributed by atoms with Crippen molar-refractivity contribution in [2.24, 2.45) is 0 Å². The van der Waals surface area contributed by atoms with E-state index in [0.29, 0.717) is 28.7 Å². The second-order valence-electron chi connectivity index (χ2n) is 3.95. The minimum absolute atomic E-state index is 0.0898. The Morgan fingerprint density at radius 1 is 1.44 bits per heavy atom. The number of hydrogen-bond donors (Lipinski definition) is 2. The second-order valence-corrected chi connectivity index (χ2v) is 4.97. The maximum atomic E-state index is 12.2. The van der Waals surface area contributed by atoms with Crippen molar-refractivity contribution in [1.29, 1.82) is 0 Å². The average molecular weight is 268 g/mol. The van der Waals surface area contributed by atoms with E-state index in [4.69, 9.17) is 5.11 Å². The van der Waals surface area contributed by atoms with Crippen molar-refractivity contribution >= 4 is 27.5 Å². The lowest BCUT2D eigenvalue weighted by Crippen LogP contribution is -2.34. The van der Waals surface area contributed by atoms with Crippen LogP contribution in [0.4, 0.5) is 0 Å². The smallest absolute Gasteiger partial charge is 0.346 e. The van der Waals surface area contributed by atoms with E-state index in [9.17, 15) is 14.4 Å². The number of hydrogen-bond acceptors (Lipinski definition) is 4. The van der Waals surface area contributed by atoms with E-state index in [1.165, 1.54) is 0 Å². The first kappa shape index (κ1) is 12.6. The first-order valence-electron chi connectivity index (χ1n) is 5.46. The van der Waals surface area contributed by atoms with Crippen LogP contribution in [-0.2, 0) is 6.54 Å². The molecule has 7 heteroatoms. The molecule has 0 aromatic carbocycles. The summed E-state index contributed by atoms with van der Waals surface area (Å²) in [7, 11) is 0. The van der Waals surface area contributed by atoms with Crippen LogP contribution >= 0.6 is 11.3 Å². The molecule has 0 aliphatic carbocycles. The summed E-state index contributed by atoms with van der Waals surface area (Å²) in [5.74, 6) is -1.09. The monoisotopic (exact) mass is 268 g/mol. The Morgan fingerprint density at radius 3 is 2.67 bits per heavy atom. The van der Waals surface area contributed by atoms with E-state index in [-0.39, 0.29) is 4.88 Å². The van der Waals surface area contributed by atoms with Crippen LogP contribution in [0.2, 0.25) is 0 Å². The van der Waals surface area contributed by atoms with Gasteiger partial charge in [0.05, 0.1) is 5.39 Å².